The van der Waals surface area contributed by atoms with Gasteiger partial charge in [-0.3, -0.25) is 19.2 Å². The number of Topliss-reactive ketones (excluding diaryl/α,β-unsaturated/α-hetero) is 1. The summed E-state index contributed by atoms with van der Waals surface area (Å²) in [5.41, 5.74) is 5.10. The van der Waals surface area contributed by atoms with Crippen LogP contribution in [0.5, 0.6) is 0 Å². The Labute approximate surface area is 268 Å². The second-order valence-corrected chi connectivity index (χ2v) is 16.8. The van der Waals surface area contributed by atoms with E-state index in [2.05, 4.69) is 16.0 Å². The molecule has 5 amide bonds. The lowest BCUT2D eigenvalue weighted by Gasteiger charge is -2.56. The number of hydrogen-bond acceptors (Lipinski definition) is 5. The van der Waals surface area contributed by atoms with E-state index in [9.17, 15) is 24.0 Å². The number of carbonyl (C=O) groups is 5. The second-order valence-electron chi connectivity index (χ2n) is 15.4. The lowest BCUT2D eigenvalue weighted by molar-refractivity contribution is -0.144. The van der Waals surface area contributed by atoms with Gasteiger partial charge in [-0.25, -0.2) is 4.79 Å². The zero-order chi connectivity index (χ0) is 31.0. The van der Waals surface area contributed by atoms with E-state index in [1.54, 1.807) is 0 Å². The van der Waals surface area contributed by atoms with Crippen LogP contribution in [0.1, 0.15) is 89.9 Å². The maximum Gasteiger partial charge on any atom is 0.315 e. The Kier molecular flexibility index (Phi) is 7.87. The number of fused-ring (bicyclic) bond motifs is 1. The van der Waals surface area contributed by atoms with Crippen molar-refractivity contribution in [2.45, 2.75) is 118 Å². The minimum atomic E-state index is -1.16. The van der Waals surface area contributed by atoms with Crippen LogP contribution in [0.2, 0.25) is 0 Å². The van der Waals surface area contributed by atoms with Crippen molar-refractivity contribution in [3.63, 3.8) is 0 Å². The Morgan fingerprint density at radius 2 is 1.48 bits per heavy atom. The molecule has 0 radical (unpaired) electrons. The van der Waals surface area contributed by atoms with Gasteiger partial charge < -0.3 is 26.6 Å². The smallest absolute Gasteiger partial charge is 0.315 e. The standard InChI is InChI=1S/C32H45Cl2N5O5/c33-32(34)21-15-39(25(23(21)32)28(42)36-22(11-16-6-7-16)26(40)27(35)41)29(43)24(20-4-2-1-3-5-20)37-30(44)38-31-12-17-8-18(13-31)10-19(9-17)14-31/h16-25H,1-15H2,(H2,35,41)(H,36,42)(H2,37,38,44)/t17?,18?,19?,21?,22?,23-,24-,25-,31?/m0/s1. The third-order valence-corrected chi connectivity index (χ3v) is 13.2. The van der Waals surface area contributed by atoms with Gasteiger partial charge in [0.05, 0.1) is 6.04 Å². The third kappa shape index (κ3) is 5.71. The summed E-state index contributed by atoms with van der Waals surface area (Å²) in [5, 5.41) is 9.19. The predicted molar refractivity (Wildman–Crippen MR) is 163 cm³/mol. The van der Waals surface area contributed by atoms with Gasteiger partial charge in [0.25, 0.3) is 5.91 Å². The summed E-state index contributed by atoms with van der Waals surface area (Å²) in [5.74, 6) is -1.42. The van der Waals surface area contributed by atoms with Crippen LogP contribution in [0, 0.1) is 41.4 Å². The number of alkyl halides is 2. The van der Waals surface area contributed by atoms with Crippen LogP contribution in [0.4, 0.5) is 4.79 Å². The highest BCUT2D eigenvalue weighted by Crippen LogP contribution is 2.65. The molecule has 5 N–H and O–H groups in total. The Balaban J connectivity index is 1.09. The van der Waals surface area contributed by atoms with Gasteiger partial charge in [-0.1, -0.05) is 32.1 Å². The van der Waals surface area contributed by atoms with E-state index in [0.717, 1.165) is 64.2 Å². The van der Waals surface area contributed by atoms with Crippen molar-refractivity contribution in [1.82, 2.24) is 20.9 Å². The van der Waals surface area contributed by atoms with Gasteiger partial charge in [0, 0.05) is 23.9 Å². The van der Waals surface area contributed by atoms with E-state index < -0.39 is 46.0 Å². The van der Waals surface area contributed by atoms with E-state index in [1.165, 1.54) is 24.2 Å². The molecule has 7 saturated carbocycles. The molecule has 0 aromatic carbocycles. The summed E-state index contributed by atoms with van der Waals surface area (Å²) in [6, 6.07) is -3.15. The van der Waals surface area contributed by atoms with Gasteiger partial charge >= 0.3 is 6.03 Å². The zero-order valence-electron chi connectivity index (χ0n) is 25.2. The number of urea groups is 1. The SMILES string of the molecule is NC(=O)C(=O)C(CC1CC1)NC(=O)[C@@H]1[C@@H]2C(CN1C(=O)[C@@H](NC(=O)NC13CC4CC(CC(C4)C1)C3)C1CCCCC1)C2(Cl)Cl. The number of nitrogens with zero attached hydrogens (tertiary/aromatic N) is 1. The van der Waals surface area contributed by atoms with Crippen LogP contribution in [0.3, 0.4) is 0 Å². The van der Waals surface area contributed by atoms with Gasteiger partial charge in [-0.05, 0) is 87.4 Å². The molecule has 0 aromatic rings. The highest BCUT2D eigenvalue weighted by atomic mass is 35.5. The second kappa shape index (κ2) is 11.3. The van der Waals surface area contributed by atoms with Crippen LogP contribution in [0.15, 0.2) is 0 Å². The van der Waals surface area contributed by atoms with Gasteiger partial charge in [-0.2, -0.15) is 0 Å². The first kappa shape index (κ1) is 30.6. The first-order valence-electron chi connectivity index (χ1n) is 16.8. The largest absolute Gasteiger partial charge is 0.363 e. The molecule has 8 rings (SSSR count). The first-order chi connectivity index (χ1) is 20.9. The molecule has 10 nitrogen and oxygen atoms in total. The summed E-state index contributed by atoms with van der Waals surface area (Å²) in [4.78, 5) is 67.8. The average molecular weight is 651 g/mol. The number of primary amides is 1. The van der Waals surface area contributed by atoms with E-state index in [1.807, 2.05) is 0 Å². The molecule has 5 atom stereocenters. The summed E-state index contributed by atoms with van der Waals surface area (Å²) in [7, 11) is 0. The van der Waals surface area contributed by atoms with Crippen molar-refractivity contribution in [2.75, 3.05) is 6.54 Å². The van der Waals surface area contributed by atoms with Crippen molar-refractivity contribution < 1.29 is 24.0 Å². The number of nitrogens with one attached hydrogen (secondary N) is 3. The number of piperidine rings is 1. The monoisotopic (exact) mass is 649 g/mol. The molecule has 44 heavy (non-hydrogen) atoms. The molecule has 8 fully saturated rings. The average Bonchev–Trinajstić information content (AvgIpc) is 3.81. The summed E-state index contributed by atoms with van der Waals surface area (Å²) >= 11 is 13.1. The molecule has 242 valence electrons. The number of ketones is 1. The highest BCUT2D eigenvalue weighted by Gasteiger charge is 2.74. The number of rotatable bonds is 10. The number of nitrogens with two attached hydrogens (primary N) is 1. The molecule has 1 aliphatic heterocycles. The van der Waals surface area contributed by atoms with E-state index in [4.69, 9.17) is 28.9 Å². The van der Waals surface area contributed by atoms with Gasteiger partial charge in [0.2, 0.25) is 17.6 Å². The van der Waals surface area contributed by atoms with Crippen LogP contribution < -0.4 is 21.7 Å². The fourth-order valence-electron chi connectivity index (χ4n) is 10.2. The molecule has 2 unspecified atom stereocenters. The number of hydrogen-bond donors (Lipinski definition) is 4. The third-order valence-electron chi connectivity index (χ3n) is 12.1. The fraction of sp³-hybridized carbons (Fsp3) is 0.844. The minimum Gasteiger partial charge on any atom is -0.363 e. The summed E-state index contributed by atoms with van der Waals surface area (Å²) < 4.78 is -1.16. The van der Waals surface area contributed by atoms with Crippen LogP contribution in [0.25, 0.3) is 0 Å². The Bertz CT molecular complexity index is 1200. The predicted octanol–water partition coefficient (Wildman–Crippen LogP) is 3.17. The maximum absolute atomic E-state index is 14.4. The van der Waals surface area contributed by atoms with Crippen molar-refractivity contribution in [3.8, 4) is 0 Å². The maximum atomic E-state index is 14.4. The van der Waals surface area contributed by atoms with E-state index >= 15 is 0 Å². The Morgan fingerprint density at radius 3 is 2.05 bits per heavy atom. The molecule has 12 heteroatoms. The molecule has 1 saturated heterocycles. The number of halogens is 2. The number of carbonyl (C=O) groups excluding carboxylic acids is 5. The summed E-state index contributed by atoms with van der Waals surface area (Å²) in [6.45, 7) is 0.188. The lowest BCUT2D eigenvalue weighted by Crippen LogP contribution is -2.64. The van der Waals surface area contributed by atoms with Crippen molar-refractivity contribution in [3.05, 3.63) is 0 Å². The Hall–Kier alpha value is -2.07. The fourth-order valence-corrected chi connectivity index (χ4v) is 11.0. The van der Waals surface area contributed by atoms with Crippen molar-refractivity contribution in [2.24, 2.45) is 47.2 Å². The quantitative estimate of drug-likeness (QED) is 0.212. The van der Waals surface area contributed by atoms with E-state index in [-0.39, 0.29) is 41.8 Å². The number of likely N-dealkylation sites (tertiary alicyclic amines) is 1. The molecule has 8 aliphatic rings. The molecule has 7 aliphatic carbocycles. The van der Waals surface area contributed by atoms with Crippen molar-refractivity contribution in [1.29, 1.82) is 0 Å². The zero-order valence-corrected chi connectivity index (χ0v) is 26.7. The van der Waals surface area contributed by atoms with Crippen molar-refractivity contribution >= 4 is 52.7 Å². The van der Waals surface area contributed by atoms with Gasteiger partial charge in [-0.15, -0.1) is 23.2 Å². The molecule has 0 aromatic heterocycles. The topological polar surface area (TPSA) is 151 Å². The molecular weight excluding hydrogens is 605 g/mol. The van der Waals surface area contributed by atoms with Gasteiger partial charge in [0.15, 0.2) is 0 Å². The summed E-state index contributed by atoms with van der Waals surface area (Å²) in [6.07, 6.45) is 13.7. The Morgan fingerprint density at radius 1 is 0.864 bits per heavy atom. The van der Waals surface area contributed by atoms with E-state index in [0.29, 0.717) is 24.2 Å². The lowest BCUT2D eigenvalue weighted by atomic mass is 9.53. The highest BCUT2D eigenvalue weighted by molar-refractivity contribution is 6.51. The number of amides is 5. The van der Waals surface area contributed by atoms with Crippen LogP contribution in [-0.4, -0.2) is 69.0 Å². The van der Waals surface area contributed by atoms with Crippen LogP contribution in [-0.2, 0) is 19.2 Å². The normalized spacial score (nSPS) is 37.9. The van der Waals surface area contributed by atoms with Crippen LogP contribution >= 0.6 is 23.2 Å². The minimum absolute atomic E-state index is 0.0465. The molecule has 4 bridgehead atoms. The molecule has 0 spiro atoms. The molecular formula is C32H45Cl2N5O5. The van der Waals surface area contributed by atoms with Gasteiger partial charge in [0.1, 0.15) is 16.4 Å². The first-order valence-corrected chi connectivity index (χ1v) is 17.6. The molecule has 1 heterocycles.